The molecule has 0 saturated heterocycles. The van der Waals surface area contributed by atoms with Crippen LogP contribution in [0, 0.1) is 0 Å². The molecule has 0 atom stereocenters. The topological polar surface area (TPSA) is 39.1 Å². The van der Waals surface area contributed by atoms with Gasteiger partial charge >= 0.3 is 6.18 Å². The van der Waals surface area contributed by atoms with Crippen molar-refractivity contribution >= 4 is 17.4 Å². The quantitative estimate of drug-likeness (QED) is 0.665. The largest absolute Gasteiger partial charge is 0.497 e. The molecule has 3 aromatic rings. The molecule has 0 saturated carbocycles. The van der Waals surface area contributed by atoms with Crippen molar-refractivity contribution in [3.63, 3.8) is 0 Å². The normalized spacial score (nSPS) is 13.4. The lowest BCUT2D eigenvalue weighted by atomic mass is 10.0. The standard InChI is InChI=1S/C19H15ClF3N3O/c1-27-13-5-3-12(4-6-13)26-18-14(8-9-24-18)17(25-26)11-2-7-16(20)15(10-11)19(21,22)23/h2-7,10,24H,8-9H2,1H3. The monoisotopic (exact) mass is 393 g/mol. The van der Waals surface area contributed by atoms with Gasteiger partial charge in [0.15, 0.2) is 0 Å². The third kappa shape index (κ3) is 3.12. The number of rotatable bonds is 3. The van der Waals surface area contributed by atoms with Crippen molar-refractivity contribution in [1.29, 1.82) is 0 Å². The number of aromatic nitrogens is 2. The van der Waals surface area contributed by atoms with Crippen LogP contribution in [0.2, 0.25) is 5.02 Å². The van der Waals surface area contributed by atoms with Gasteiger partial charge in [-0.2, -0.15) is 18.3 Å². The van der Waals surface area contributed by atoms with E-state index in [1.165, 1.54) is 6.07 Å². The molecule has 1 N–H and O–H groups in total. The number of methoxy groups -OCH3 is 1. The van der Waals surface area contributed by atoms with Gasteiger partial charge in [-0.15, -0.1) is 0 Å². The van der Waals surface area contributed by atoms with Crippen molar-refractivity contribution in [3.8, 4) is 22.7 Å². The molecule has 2 heterocycles. The molecule has 4 rings (SSSR count). The van der Waals surface area contributed by atoms with Crippen molar-refractivity contribution in [1.82, 2.24) is 9.78 Å². The second-order valence-electron chi connectivity index (χ2n) is 6.15. The fraction of sp³-hybridized carbons (Fsp3) is 0.211. The smallest absolute Gasteiger partial charge is 0.417 e. The van der Waals surface area contributed by atoms with E-state index in [0.717, 1.165) is 23.1 Å². The van der Waals surface area contributed by atoms with Crippen LogP contribution in [0.1, 0.15) is 11.1 Å². The summed E-state index contributed by atoms with van der Waals surface area (Å²) >= 11 is 5.75. The van der Waals surface area contributed by atoms with Crippen molar-refractivity contribution in [2.75, 3.05) is 19.0 Å². The number of anilines is 1. The summed E-state index contributed by atoms with van der Waals surface area (Å²) in [5.74, 6) is 1.50. The maximum absolute atomic E-state index is 13.2. The van der Waals surface area contributed by atoms with E-state index in [4.69, 9.17) is 16.3 Å². The first-order valence-corrected chi connectivity index (χ1v) is 8.63. The Bertz CT molecular complexity index is 997. The van der Waals surface area contributed by atoms with Crippen molar-refractivity contribution in [3.05, 3.63) is 58.6 Å². The summed E-state index contributed by atoms with van der Waals surface area (Å²) in [4.78, 5) is 0. The minimum Gasteiger partial charge on any atom is -0.497 e. The molecule has 27 heavy (non-hydrogen) atoms. The third-order valence-electron chi connectivity index (χ3n) is 4.51. The number of ether oxygens (including phenoxy) is 1. The Kier molecular flexibility index (Phi) is 4.26. The van der Waals surface area contributed by atoms with Crippen LogP contribution in [0.4, 0.5) is 19.0 Å². The van der Waals surface area contributed by atoms with E-state index in [-0.39, 0.29) is 5.02 Å². The van der Waals surface area contributed by atoms with Crippen LogP contribution in [-0.2, 0) is 12.6 Å². The molecule has 0 radical (unpaired) electrons. The maximum atomic E-state index is 13.2. The Morgan fingerprint density at radius 1 is 1.15 bits per heavy atom. The van der Waals surface area contributed by atoms with Crippen LogP contribution in [0.15, 0.2) is 42.5 Å². The predicted molar refractivity (Wildman–Crippen MR) is 97.8 cm³/mol. The van der Waals surface area contributed by atoms with E-state index in [1.807, 2.05) is 24.3 Å². The van der Waals surface area contributed by atoms with Gasteiger partial charge in [0.05, 0.1) is 29.1 Å². The Labute approximate surface area is 158 Å². The molecular weight excluding hydrogens is 379 g/mol. The van der Waals surface area contributed by atoms with Gasteiger partial charge in [-0.25, -0.2) is 4.68 Å². The SMILES string of the molecule is COc1ccc(-n2nc(-c3ccc(Cl)c(C(F)(F)F)c3)c3c2NCC3)cc1. The van der Waals surface area contributed by atoms with Crippen molar-refractivity contribution in [2.45, 2.75) is 12.6 Å². The molecule has 0 aliphatic carbocycles. The lowest BCUT2D eigenvalue weighted by Crippen LogP contribution is -2.06. The van der Waals surface area contributed by atoms with Gasteiger partial charge in [0.25, 0.3) is 0 Å². The maximum Gasteiger partial charge on any atom is 0.417 e. The fourth-order valence-corrected chi connectivity index (χ4v) is 3.43. The summed E-state index contributed by atoms with van der Waals surface area (Å²) in [5, 5.41) is 7.52. The summed E-state index contributed by atoms with van der Waals surface area (Å²) in [7, 11) is 1.58. The Morgan fingerprint density at radius 3 is 2.56 bits per heavy atom. The van der Waals surface area contributed by atoms with E-state index < -0.39 is 11.7 Å². The number of alkyl halides is 3. The van der Waals surface area contributed by atoms with E-state index in [1.54, 1.807) is 17.9 Å². The summed E-state index contributed by atoms with van der Waals surface area (Å²) in [6, 6.07) is 11.2. The van der Waals surface area contributed by atoms with Gasteiger partial charge in [0, 0.05) is 17.7 Å². The highest BCUT2D eigenvalue weighted by Crippen LogP contribution is 2.40. The molecule has 0 bridgehead atoms. The van der Waals surface area contributed by atoms with E-state index in [9.17, 15) is 13.2 Å². The van der Waals surface area contributed by atoms with Crippen LogP contribution in [0.3, 0.4) is 0 Å². The number of nitrogens with one attached hydrogen (secondary N) is 1. The Morgan fingerprint density at radius 2 is 1.89 bits per heavy atom. The van der Waals surface area contributed by atoms with Crippen molar-refractivity contribution in [2.24, 2.45) is 0 Å². The lowest BCUT2D eigenvalue weighted by Gasteiger charge is -2.10. The molecule has 140 valence electrons. The third-order valence-corrected chi connectivity index (χ3v) is 4.84. The van der Waals surface area contributed by atoms with Gasteiger partial charge in [0.2, 0.25) is 0 Å². The van der Waals surface area contributed by atoms with Gasteiger partial charge < -0.3 is 10.1 Å². The highest BCUT2D eigenvalue weighted by atomic mass is 35.5. The van der Waals surface area contributed by atoms with Crippen LogP contribution in [-0.4, -0.2) is 23.4 Å². The molecule has 8 heteroatoms. The zero-order valence-electron chi connectivity index (χ0n) is 14.3. The molecule has 0 amide bonds. The molecule has 1 aromatic heterocycles. The lowest BCUT2D eigenvalue weighted by molar-refractivity contribution is -0.137. The second kappa shape index (κ2) is 6.49. The zero-order chi connectivity index (χ0) is 19.2. The molecule has 1 aliphatic heterocycles. The minimum atomic E-state index is -4.52. The summed E-state index contributed by atoms with van der Waals surface area (Å²) in [6.07, 6.45) is -3.84. The molecular formula is C19H15ClF3N3O. The first kappa shape index (κ1) is 17.7. The second-order valence-corrected chi connectivity index (χ2v) is 6.56. The average molecular weight is 394 g/mol. The summed E-state index contributed by atoms with van der Waals surface area (Å²) in [5.41, 5.74) is 1.73. The summed E-state index contributed by atoms with van der Waals surface area (Å²) < 4.78 is 46.5. The molecule has 1 aliphatic rings. The minimum absolute atomic E-state index is 0.324. The van der Waals surface area contributed by atoms with Gasteiger partial charge in [-0.3, -0.25) is 0 Å². The molecule has 0 fully saturated rings. The number of halogens is 4. The number of hydrogen-bond donors (Lipinski definition) is 1. The summed E-state index contributed by atoms with van der Waals surface area (Å²) in [6.45, 7) is 0.704. The van der Waals surface area contributed by atoms with E-state index >= 15 is 0 Å². The molecule has 4 nitrogen and oxygen atoms in total. The highest BCUT2D eigenvalue weighted by molar-refractivity contribution is 6.31. The van der Waals surface area contributed by atoms with Crippen LogP contribution in [0.25, 0.3) is 16.9 Å². The van der Waals surface area contributed by atoms with Crippen LogP contribution >= 0.6 is 11.6 Å². The van der Waals surface area contributed by atoms with Crippen molar-refractivity contribution < 1.29 is 17.9 Å². The number of nitrogens with zero attached hydrogens (tertiary/aromatic N) is 2. The molecule has 0 spiro atoms. The number of fused-ring (bicyclic) bond motifs is 1. The zero-order valence-corrected chi connectivity index (χ0v) is 15.0. The average Bonchev–Trinajstić information content (AvgIpc) is 3.24. The van der Waals surface area contributed by atoms with Gasteiger partial charge in [0.1, 0.15) is 11.6 Å². The van der Waals surface area contributed by atoms with Gasteiger partial charge in [-0.1, -0.05) is 17.7 Å². The van der Waals surface area contributed by atoms with E-state index in [0.29, 0.717) is 30.0 Å². The Balaban J connectivity index is 1.83. The molecule has 2 aromatic carbocycles. The molecule has 0 unspecified atom stereocenters. The fourth-order valence-electron chi connectivity index (χ4n) is 3.21. The first-order chi connectivity index (χ1) is 12.9. The van der Waals surface area contributed by atoms with Crippen LogP contribution < -0.4 is 10.1 Å². The number of benzene rings is 2. The number of hydrogen-bond acceptors (Lipinski definition) is 3. The van der Waals surface area contributed by atoms with Gasteiger partial charge in [-0.05, 0) is 42.8 Å². The Hall–Kier alpha value is -2.67. The predicted octanol–water partition coefficient (Wildman–Crippen LogP) is 5.19. The van der Waals surface area contributed by atoms with Crippen LogP contribution in [0.5, 0.6) is 5.75 Å². The first-order valence-electron chi connectivity index (χ1n) is 8.26. The van der Waals surface area contributed by atoms with E-state index in [2.05, 4.69) is 10.4 Å². The highest BCUT2D eigenvalue weighted by Gasteiger charge is 2.34.